The molecule has 0 spiro atoms. The van der Waals surface area contributed by atoms with Crippen molar-refractivity contribution in [3.63, 3.8) is 0 Å². The van der Waals surface area contributed by atoms with Gasteiger partial charge in [-0.3, -0.25) is 0 Å². The van der Waals surface area contributed by atoms with Crippen LogP contribution in [0.1, 0.15) is 31.0 Å². The largest absolute Gasteiger partial charge is 0.378 e. The van der Waals surface area contributed by atoms with Crippen LogP contribution in [-0.2, 0) is 6.42 Å². The van der Waals surface area contributed by atoms with Crippen LogP contribution in [0.2, 0.25) is 0 Å². The zero-order valence-corrected chi connectivity index (χ0v) is 11.1. The Bertz CT molecular complexity index is 549. The average Bonchev–Trinajstić information content (AvgIpc) is 2.39. The van der Waals surface area contributed by atoms with E-state index < -0.39 is 11.6 Å². The first-order valence-electron chi connectivity index (χ1n) is 6.40. The van der Waals surface area contributed by atoms with Crippen molar-refractivity contribution < 1.29 is 8.78 Å². The van der Waals surface area contributed by atoms with Crippen molar-refractivity contribution in [2.45, 2.75) is 26.3 Å². The summed E-state index contributed by atoms with van der Waals surface area (Å²) in [7, 11) is 0. The second-order valence-electron chi connectivity index (χ2n) is 4.58. The Hall–Kier alpha value is -1.90. The summed E-state index contributed by atoms with van der Waals surface area (Å²) in [5.41, 5.74) is 2.64. The highest BCUT2D eigenvalue weighted by Crippen LogP contribution is 2.22. The molecule has 1 N–H and O–H groups in total. The molecular weight excluding hydrogens is 244 g/mol. The molecule has 100 valence electrons. The fourth-order valence-electron chi connectivity index (χ4n) is 2.02. The molecule has 0 aliphatic heterocycles. The molecule has 0 fully saturated rings. The minimum Gasteiger partial charge on any atom is -0.378 e. The first kappa shape index (κ1) is 13.5. The standard InChI is InChI=1S/C16H17F2N/c1-3-12-4-7-14(8-5-12)19-11(2)15-9-6-13(17)10-16(15)18/h4-11,19H,3H2,1-2H3. The second-order valence-corrected chi connectivity index (χ2v) is 4.58. The molecule has 1 unspecified atom stereocenters. The van der Waals surface area contributed by atoms with Gasteiger partial charge >= 0.3 is 0 Å². The van der Waals surface area contributed by atoms with E-state index in [1.807, 2.05) is 31.2 Å². The third-order valence-corrected chi connectivity index (χ3v) is 3.17. The fraction of sp³-hybridized carbons (Fsp3) is 0.250. The predicted octanol–water partition coefficient (Wildman–Crippen LogP) is 4.70. The average molecular weight is 261 g/mol. The van der Waals surface area contributed by atoms with Crippen molar-refractivity contribution in [3.05, 3.63) is 65.2 Å². The van der Waals surface area contributed by atoms with Gasteiger partial charge in [-0.05, 0) is 37.1 Å². The molecular formula is C16H17F2N. The Morgan fingerprint density at radius 2 is 1.74 bits per heavy atom. The smallest absolute Gasteiger partial charge is 0.131 e. The molecule has 2 aromatic rings. The lowest BCUT2D eigenvalue weighted by atomic mass is 10.1. The number of hydrogen-bond donors (Lipinski definition) is 1. The van der Waals surface area contributed by atoms with Gasteiger partial charge in [-0.15, -0.1) is 0 Å². The lowest BCUT2D eigenvalue weighted by molar-refractivity contribution is 0.566. The molecule has 1 atom stereocenters. The van der Waals surface area contributed by atoms with Crippen LogP contribution in [0.3, 0.4) is 0 Å². The summed E-state index contributed by atoms with van der Waals surface area (Å²) in [5.74, 6) is -1.08. The van der Waals surface area contributed by atoms with Gasteiger partial charge < -0.3 is 5.32 Å². The molecule has 0 bridgehead atoms. The monoisotopic (exact) mass is 261 g/mol. The number of benzene rings is 2. The highest BCUT2D eigenvalue weighted by molar-refractivity contribution is 5.46. The topological polar surface area (TPSA) is 12.0 Å². The van der Waals surface area contributed by atoms with E-state index >= 15 is 0 Å². The number of anilines is 1. The molecule has 0 aliphatic rings. The van der Waals surface area contributed by atoms with Crippen LogP contribution >= 0.6 is 0 Å². The molecule has 0 amide bonds. The van der Waals surface area contributed by atoms with E-state index in [4.69, 9.17) is 0 Å². The minimum atomic E-state index is -0.555. The third-order valence-electron chi connectivity index (χ3n) is 3.17. The Morgan fingerprint density at radius 3 is 2.32 bits per heavy atom. The van der Waals surface area contributed by atoms with Crippen LogP contribution in [0.4, 0.5) is 14.5 Å². The Morgan fingerprint density at radius 1 is 1.05 bits per heavy atom. The van der Waals surface area contributed by atoms with Gasteiger partial charge in [0.2, 0.25) is 0 Å². The highest BCUT2D eigenvalue weighted by Gasteiger charge is 2.11. The van der Waals surface area contributed by atoms with E-state index in [2.05, 4.69) is 12.2 Å². The molecule has 0 radical (unpaired) electrons. The van der Waals surface area contributed by atoms with Crippen LogP contribution in [0.25, 0.3) is 0 Å². The summed E-state index contributed by atoms with van der Waals surface area (Å²) in [5, 5.41) is 3.21. The number of hydrogen-bond acceptors (Lipinski definition) is 1. The van der Waals surface area contributed by atoms with E-state index in [0.717, 1.165) is 18.2 Å². The van der Waals surface area contributed by atoms with Crippen LogP contribution in [0, 0.1) is 11.6 Å². The maximum Gasteiger partial charge on any atom is 0.131 e. The van der Waals surface area contributed by atoms with Crippen molar-refractivity contribution in [1.82, 2.24) is 0 Å². The Labute approximate surface area is 112 Å². The van der Waals surface area contributed by atoms with Crippen molar-refractivity contribution in [2.75, 3.05) is 5.32 Å². The molecule has 2 aromatic carbocycles. The summed E-state index contributed by atoms with van der Waals surface area (Å²) in [6.45, 7) is 3.95. The summed E-state index contributed by atoms with van der Waals surface area (Å²) >= 11 is 0. The van der Waals surface area contributed by atoms with Crippen molar-refractivity contribution in [3.8, 4) is 0 Å². The molecule has 2 rings (SSSR count). The number of aryl methyl sites for hydroxylation is 1. The summed E-state index contributed by atoms with van der Waals surface area (Å²) in [6.07, 6.45) is 0.989. The zero-order valence-electron chi connectivity index (χ0n) is 11.1. The maximum absolute atomic E-state index is 13.6. The van der Waals surface area contributed by atoms with Crippen molar-refractivity contribution >= 4 is 5.69 Å². The van der Waals surface area contributed by atoms with Gasteiger partial charge in [0.1, 0.15) is 11.6 Å². The molecule has 1 nitrogen and oxygen atoms in total. The molecule has 0 aromatic heterocycles. The van der Waals surface area contributed by atoms with Crippen molar-refractivity contribution in [1.29, 1.82) is 0 Å². The maximum atomic E-state index is 13.6. The first-order chi connectivity index (χ1) is 9.10. The van der Waals surface area contributed by atoms with Gasteiger partial charge in [-0.25, -0.2) is 8.78 Å². The number of nitrogens with one attached hydrogen (secondary N) is 1. The van der Waals surface area contributed by atoms with Gasteiger partial charge in [0.05, 0.1) is 6.04 Å². The van der Waals surface area contributed by atoms with Gasteiger partial charge in [0, 0.05) is 17.3 Å². The van der Waals surface area contributed by atoms with Crippen LogP contribution in [-0.4, -0.2) is 0 Å². The van der Waals surface area contributed by atoms with E-state index in [1.165, 1.54) is 17.7 Å². The van der Waals surface area contributed by atoms with Gasteiger partial charge in [0.25, 0.3) is 0 Å². The normalized spacial score (nSPS) is 12.2. The van der Waals surface area contributed by atoms with E-state index in [0.29, 0.717) is 5.56 Å². The summed E-state index contributed by atoms with van der Waals surface area (Å²) < 4.78 is 26.5. The quantitative estimate of drug-likeness (QED) is 0.841. The third kappa shape index (κ3) is 3.31. The molecule has 0 saturated carbocycles. The lowest BCUT2D eigenvalue weighted by Crippen LogP contribution is -2.08. The van der Waals surface area contributed by atoms with Gasteiger partial charge in [-0.1, -0.05) is 25.1 Å². The Kier molecular flexibility index (Phi) is 4.15. The minimum absolute atomic E-state index is 0.215. The lowest BCUT2D eigenvalue weighted by Gasteiger charge is -2.16. The second kappa shape index (κ2) is 5.83. The van der Waals surface area contributed by atoms with E-state index in [9.17, 15) is 8.78 Å². The molecule has 3 heteroatoms. The summed E-state index contributed by atoms with van der Waals surface area (Å²) in [6, 6.07) is 11.5. The number of rotatable bonds is 4. The predicted molar refractivity (Wildman–Crippen MR) is 74.2 cm³/mol. The first-order valence-corrected chi connectivity index (χ1v) is 6.40. The molecule has 0 heterocycles. The summed E-state index contributed by atoms with van der Waals surface area (Å²) in [4.78, 5) is 0. The molecule has 19 heavy (non-hydrogen) atoms. The fourth-order valence-corrected chi connectivity index (χ4v) is 2.02. The highest BCUT2D eigenvalue weighted by atomic mass is 19.1. The van der Waals surface area contributed by atoms with Gasteiger partial charge in [-0.2, -0.15) is 0 Å². The van der Waals surface area contributed by atoms with E-state index in [1.54, 1.807) is 0 Å². The van der Waals surface area contributed by atoms with E-state index in [-0.39, 0.29) is 6.04 Å². The van der Waals surface area contributed by atoms with Crippen LogP contribution < -0.4 is 5.32 Å². The van der Waals surface area contributed by atoms with Crippen molar-refractivity contribution in [2.24, 2.45) is 0 Å². The molecule has 0 aliphatic carbocycles. The number of halogens is 2. The van der Waals surface area contributed by atoms with Gasteiger partial charge in [0.15, 0.2) is 0 Å². The van der Waals surface area contributed by atoms with Crippen LogP contribution in [0.15, 0.2) is 42.5 Å². The molecule has 0 saturated heterocycles. The zero-order chi connectivity index (χ0) is 13.8. The SMILES string of the molecule is CCc1ccc(NC(C)c2ccc(F)cc2F)cc1. The Balaban J connectivity index is 2.13. The van der Waals surface area contributed by atoms with Crippen LogP contribution in [0.5, 0.6) is 0 Å².